The number of ether oxygens (including phenoxy) is 3. The second-order valence-electron chi connectivity index (χ2n) is 6.95. The number of esters is 2. The van der Waals surface area contributed by atoms with Crippen LogP contribution in [0.15, 0.2) is 18.2 Å². The van der Waals surface area contributed by atoms with Crippen molar-refractivity contribution in [2.24, 2.45) is 0 Å². The van der Waals surface area contributed by atoms with Gasteiger partial charge in [0.25, 0.3) is 0 Å². The molecule has 1 aliphatic rings. The molecule has 0 unspecified atom stereocenters. The van der Waals surface area contributed by atoms with Crippen LogP contribution in [0, 0.1) is 0 Å². The fourth-order valence-electron chi connectivity index (χ4n) is 3.29. The van der Waals surface area contributed by atoms with E-state index in [0.29, 0.717) is 41.3 Å². The minimum Gasteiger partial charge on any atom is -0.463 e. The van der Waals surface area contributed by atoms with E-state index >= 15 is 0 Å². The van der Waals surface area contributed by atoms with Crippen molar-refractivity contribution in [3.05, 3.63) is 33.8 Å². The molecule has 1 aromatic carbocycles. The normalized spacial score (nSPS) is 22.5. The summed E-state index contributed by atoms with van der Waals surface area (Å²) in [5.41, 5.74) is -0.792. The lowest BCUT2D eigenvalue weighted by Crippen LogP contribution is -2.49. The maximum absolute atomic E-state index is 12.6. The highest BCUT2D eigenvalue weighted by atomic mass is 35.5. The first-order valence-electron chi connectivity index (χ1n) is 9.25. The summed E-state index contributed by atoms with van der Waals surface area (Å²) in [4.78, 5) is 25.2. The molecule has 0 heterocycles. The Morgan fingerprint density at radius 3 is 2.30 bits per heavy atom. The van der Waals surface area contributed by atoms with Crippen LogP contribution in [0.25, 0.3) is 0 Å². The Labute approximate surface area is 170 Å². The molecule has 0 radical (unpaired) electrons. The summed E-state index contributed by atoms with van der Waals surface area (Å²) in [5, 5.41) is 0.775. The van der Waals surface area contributed by atoms with Crippen LogP contribution in [-0.4, -0.2) is 36.4 Å². The first-order valence-corrected chi connectivity index (χ1v) is 10.0. The van der Waals surface area contributed by atoms with Gasteiger partial charge in [0.05, 0.1) is 25.2 Å². The Morgan fingerprint density at radius 2 is 1.78 bits per heavy atom. The summed E-state index contributed by atoms with van der Waals surface area (Å²) in [6.45, 7) is 5.89. The Kier molecular flexibility index (Phi) is 7.95. The zero-order chi connectivity index (χ0) is 20.0. The van der Waals surface area contributed by atoms with E-state index in [2.05, 4.69) is 0 Å². The van der Waals surface area contributed by atoms with Gasteiger partial charge in [-0.1, -0.05) is 29.3 Å². The molecule has 1 fully saturated rings. The first-order chi connectivity index (χ1) is 12.8. The highest BCUT2D eigenvalue weighted by Gasteiger charge is 2.47. The summed E-state index contributed by atoms with van der Waals surface area (Å²) >= 11 is 12.3. The quantitative estimate of drug-likeness (QED) is 0.600. The number of rotatable bonds is 7. The van der Waals surface area contributed by atoms with E-state index in [0.717, 1.165) is 0 Å². The number of halogens is 2. The largest absolute Gasteiger partial charge is 0.463 e. The lowest BCUT2D eigenvalue weighted by molar-refractivity contribution is -0.190. The smallest absolute Gasteiger partial charge is 0.350 e. The van der Waals surface area contributed by atoms with E-state index in [4.69, 9.17) is 37.4 Å². The topological polar surface area (TPSA) is 61.8 Å². The van der Waals surface area contributed by atoms with Gasteiger partial charge in [0.15, 0.2) is 0 Å². The molecule has 0 atom stereocenters. The van der Waals surface area contributed by atoms with Gasteiger partial charge in [-0.2, -0.15) is 0 Å². The molecule has 1 saturated carbocycles. The summed E-state index contributed by atoms with van der Waals surface area (Å²) in [6, 6.07) is 5.02. The zero-order valence-electron chi connectivity index (χ0n) is 15.9. The fourth-order valence-corrected chi connectivity index (χ4v) is 3.82. The zero-order valence-corrected chi connectivity index (χ0v) is 17.4. The molecule has 27 heavy (non-hydrogen) atoms. The van der Waals surface area contributed by atoms with Gasteiger partial charge in [0.1, 0.15) is 0 Å². The third kappa shape index (κ3) is 5.84. The van der Waals surface area contributed by atoms with Crippen molar-refractivity contribution < 1.29 is 23.8 Å². The molecule has 0 N–H and O–H groups in total. The highest BCUT2D eigenvalue weighted by molar-refractivity contribution is 6.36. The second kappa shape index (κ2) is 9.76. The molecule has 7 heteroatoms. The SMILES string of the molecule is CCOC(=O)C1(OC(=O)Cc2c(Cl)cccc2Cl)CCC(OC(C)C)CC1. The molecular formula is C20H26Cl2O5. The molecule has 5 nitrogen and oxygen atoms in total. The Bertz CT molecular complexity index is 646. The van der Waals surface area contributed by atoms with Crippen molar-refractivity contribution in [2.75, 3.05) is 6.61 Å². The predicted octanol–water partition coefficient (Wildman–Crippen LogP) is 4.75. The van der Waals surface area contributed by atoms with Crippen molar-refractivity contribution >= 4 is 35.1 Å². The molecule has 2 rings (SSSR count). The average Bonchev–Trinajstić information content (AvgIpc) is 2.60. The van der Waals surface area contributed by atoms with Crippen LogP contribution >= 0.6 is 23.2 Å². The minimum absolute atomic E-state index is 0.0456. The number of hydrogen-bond acceptors (Lipinski definition) is 5. The molecular weight excluding hydrogens is 391 g/mol. The molecule has 150 valence electrons. The van der Waals surface area contributed by atoms with E-state index in [1.165, 1.54) is 0 Å². The van der Waals surface area contributed by atoms with E-state index in [1.807, 2.05) is 13.8 Å². The number of hydrogen-bond donors (Lipinski definition) is 0. The lowest BCUT2D eigenvalue weighted by Gasteiger charge is -2.37. The third-order valence-electron chi connectivity index (χ3n) is 4.54. The Balaban J connectivity index is 2.11. The van der Waals surface area contributed by atoms with Gasteiger partial charge in [-0.3, -0.25) is 4.79 Å². The van der Waals surface area contributed by atoms with Gasteiger partial charge in [-0.15, -0.1) is 0 Å². The van der Waals surface area contributed by atoms with Crippen LogP contribution in [0.3, 0.4) is 0 Å². The average molecular weight is 417 g/mol. The van der Waals surface area contributed by atoms with E-state index in [1.54, 1.807) is 25.1 Å². The van der Waals surface area contributed by atoms with Gasteiger partial charge >= 0.3 is 11.9 Å². The number of carbonyl (C=O) groups excluding carboxylic acids is 2. The lowest BCUT2D eigenvalue weighted by atomic mass is 9.82. The molecule has 1 aliphatic carbocycles. The summed E-state index contributed by atoms with van der Waals surface area (Å²) in [7, 11) is 0. The van der Waals surface area contributed by atoms with Crippen molar-refractivity contribution in [3.8, 4) is 0 Å². The van der Waals surface area contributed by atoms with Crippen LogP contribution in [-0.2, 0) is 30.2 Å². The van der Waals surface area contributed by atoms with Crippen molar-refractivity contribution in [1.82, 2.24) is 0 Å². The van der Waals surface area contributed by atoms with Crippen molar-refractivity contribution in [2.45, 2.75) is 70.7 Å². The van der Waals surface area contributed by atoms with Gasteiger partial charge in [0, 0.05) is 28.5 Å². The fraction of sp³-hybridized carbons (Fsp3) is 0.600. The van der Waals surface area contributed by atoms with Crippen LogP contribution in [0.4, 0.5) is 0 Å². The molecule has 0 spiro atoms. The predicted molar refractivity (Wildman–Crippen MR) is 104 cm³/mol. The monoisotopic (exact) mass is 416 g/mol. The highest BCUT2D eigenvalue weighted by Crippen LogP contribution is 2.36. The maximum Gasteiger partial charge on any atom is 0.350 e. The maximum atomic E-state index is 12.6. The number of benzene rings is 1. The van der Waals surface area contributed by atoms with E-state index in [-0.39, 0.29) is 25.2 Å². The van der Waals surface area contributed by atoms with Crippen molar-refractivity contribution in [1.29, 1.82) is 0 Å². The minimum atomic E-state index is -1.28. The van der Waals surface area contributed by atoms with E-state index < -0.39 is 17.5 Å². The second-order valence-corrected chi connectivity index (χ2v) is 7.76. The molecule has 0 amide bonds. The summed E-state index contributed by atoms with van der Waals surface area (Å²) in [5.74, 6) is -1.06. The van der Waals surface area contributed by atoms with Gasteiger partial charge in [-0.25, -0.2) is 4.79 Å². The molecule has 0 aromatic heterocycles. The Hall–Kier alpha value is -1.30. The van der Waals surface area contributed by atoms with Crippen LogP contribution in [0.2, 0.25) is 10.0 Å². The van der Waals surface area contributed by atoms with Gasteiger partial charge in [-0.05, 0) is 45.7 Å². The van der Waals surface area contributed by atoms with Crippen LogP contribution < -0.4 is 0 Å². The standard InChI is InChI=1S/C20H26Cl2O5/c1-4-25-19(24)20(10-8-14(9-11-20)26-13(2)3)27-18(23)12-15-16(21)6-5-7-17(15)22/h5-7,13-14H,4,8-12H2,1-3H3. The summed E-state index contributed by atoms with van der Waals surface area (Å²) < 4.78 is 16.7. The summed E-state index contributed by atoms with van der Waals surface area (Å²) in [6.07, 6.45) is 2.02. The van der Waals surface area contributed by atoms with Crippen LogP contribution in [0.1, 0.15) is 52.0 Å². The first kappa shape index (κ1) is 22.0. The molecule has 0 aliphatic heterocycles. The molecule has 0 saturated heterocycles. The molecule has 1 aromatic rings. The van der Waals surface area contributed by atoms with Crippen LogP contribution in [0.5, 0.6) is 0 Å². The number of carbonyl (C=O) groups is 2. The van der Waals surface area contributed by atoms with Gasteiger partial charge < -0.3 is 14.2 Å². The third-order valence-corrected chi connectivity index (χ3v) is 5.25. The van der Waals surface area contributed by atoms with Crippen molar-refractivity contribution in [3.63, 3.8) is 0 Å². The molecule has 0 bridgehead atoms. The van der Waals surface area contributed by atoms with Gasteiger partial charge in [0.2, 0.25) is 5.60 Å². The Morgan fingerprint density at radius 1 is 1.19 bits per heavy atom. The van der Waals surface area contributed by atoms with E-state index in [9.17, 15) is 9.59 Å².